The van der Waals surface area contributed by atoms with E-state index in [1.165, 1.54) is 40.4 Å². The monoisotopic (exact) mass is 624 g/mol. The highest BCUT2D eigenvalue weighted by Crippen LogP contribution is 2.42. The first-order chi connectivity index (χ1) is 20.4. The van der Waals surface area contributed by atoms with E-state index in [9.17, 15) is 40.9 Å². The molecular weight excluding hydrogens is 584 g/mol. The highest BCUT2D eigenvalue weighted by atomic mass is 16.8. The van der Waals surface area contributed by atoms with Gasteiger partial charge in [-0.25, -0.2) is 0 Å². The maximum Gasteiger partial charge on any atom is 0.229 e. The Kier molecular flexibility index (Phi) is 11.3. The van der Waals surface area contributed by atoms with E-state index >= 15 is 0 Å². The summed E-state index contributed by atoms with van der Waals surface area (Å²) in [7, 11) is 4.18. The Hall–Kier alpha value is -2.10. The minimum absolute atomic E-state index is 0.0777. The summed E-state index contributed by atoms with van der Waals surface area (Å²) in [6, 6.07) is 2.86. The Morgan fingerprint density at radius 1 is 0.698 bits per heavy atom. The van der Waals surface area contributed by atoms with Crippen molar-refractivity contribution in [2.45, 2.75) is 92.9 Å². The van der Waals surface area contributed by atoms with Gasteiger partial charge in [0.15, 0.2) is 30.2 Å². The lowest BCUT2D eigenvalue weighted by molar-refractivity contribution is -0.352. The largest absolute Gasteiger partial charge is 0.493 e. The topological polar surface area (TPSA) is 245 Å². The Bertz CT molecular complexity index is 1020. The zero-order valence-corrected chi connectivity index (χ0v) is 23.9. The van der Waals surface area contributed by atoms with Crippen LogP contribution in [-0.4, -0.2) is 161 Å². The quantitative estimate of drug-likeness (QED) is 0.124. The lowest BCUT2D eigenvalue weighted by atomic mass is 9.98. The molecule has 3 heterocycles. The minimum atomic E-state index is -1.77. The molecule has 3 aliphatic rings. The third-order valence-corrected chi connectivity index (χ3v) is 7.51. The van der Waals surface area contributed by atoms with Gasteiger partial charge >= 0.3 is 0 Å². The van der Waals surface area contributed by atoms with Gasteiger partial charge in [0, 0.05) is 12.1 Å². The first-order valence-electron chi connectivity index (χ1n) is 13.5. The number of hydrogen-bond donors (Lipinski definition) is 8. The first-order valence-corrected chi connectivity index (χ1v) is 13.5. The van der Waals surface area contributed by atoms with Crippen molar-refractivity contribution in [3.05, 3.63) is 12.1 Å². The standard InChI is InChI=1S/C26H40O17/c1-9-15(28)18(31)21(34)24(40-9)39-8-14-17(30)19(32)23(43-25-20(33)16(29)11(27)7-38-25)26(42-14)41-10-5-12(35-2)22(37-4)13(6-10)36-3/h5-6,9,11,14-21,23-34H,7-8H2,1-4H3/t9-,11+,14+,15-,16-,17+,18+,19-,20+,21+,23+,24+,25-,26+/m0/s1. The molecule has 1 aromatic carbocycles. The Morgan fingerprint density at radius 3 is 1.93 bits per heavy atom. The average Bonchev–Trinajstić information content (AvgIpc) is 3.00. The van der Waals surface area contributed by atoms with Crippen molar-refractivity contribution in [3.8, 4) is 23.0 Å². The molecule has 0 aromatic heterocycles. The molecular formula is C26H40O17. The van der Waals surface area contributed by atoms with E-state index in [0.29, 0.717) is 0 Å². The SMILES string of the molecule is COc1cc(O[C@@H]2O[C@H](CO[C@@H]3O[C@@H](C)[C@H](O)[C@@H](O)[C@H]3O)[C@@H](O)[C@H](O)[C@H]2O[C@@H]2OC[C@@H](O)[C@H](O)[C@H]2O)cc(OC)c1OC. The second-order valence-electron chi connectivity index (χ2n) is 10.4. The number of methoxy groups -OCH3 is 3. The summed E-state index contributed by atoms with van der Waals surface area (Å²) in [5.41, 5.74) is 0. The molecule has 0 spiro atoms. The van der Waals surface area contributed by atoms with Gasteiger partial charge in [-0.05, 0) is 6.92 Å². The van der Waals surface area contributed by atoms with Crippen LogP contribution in [0.3, 0.4) is 0 Å². The molecule has 0 saturated carbocycles. The molecule has 4 rings (SSSR count). The Balaban J connectivity index is 1.57. The highest BCUT2D eigenvalue weighted by Gasteiger charge is 2.51. The second kappa shape index (κ2) is 14.3. The van der Waals surface area contributed by atoms with Crippen molar-refractivity contribution in [1.82, 2.24) is 0 Å². The Morgan fingerprint density at radius 2 is 1.33 bits per heavy atom. The van der Waals surface area contributed by atoms with Gasteiger partial charge in [0.1, 0.15) is 60.7 Å². The molecule has 3 saturated heterocycles. The summed E-state index contributed by atoms with van der Waals surface area (Å²) in [6.07, 6.45) is -21.1. The van der Waals surface area contributed by atoms with Crippen molar-refractivity contribution in [2.75, 3.05) is 34.5 Å². The number of ether oxygens (including phenoxy) is 9. The van der Waals surface area contributed by atoms with E-state index < -0.39 is 99.2 Å². The van der Waals surface area contributed by atoms with E-state index in [4.69, 9.17) is 42.6 Å². The van der Waals surface area contributed by atoms with Gasteiger partial charge in [0.25, 0.3) is 0 Å². The van der Waals surface area contributed by atoms with Gasteiger partial charge in [-0.2, -0.15) is 0 Å². The van der Waals surface area contributed by atoms with Crippen LogP contribution < -0.4 is 18.9 Å². The third kappa shape index (κ3) is 7.09. The molecule has 3 fully saturated rings. The highest BCUT2D eigenvalue weighted by molar-refractivity contribution is 5.55. The molecule has 8 N–H and O–H groups in total. The van der Waals surface area contributed by atoms with Crippen LogP contribution in [0.1, 0.15) is 6.92 Å². The van der Waals surface area contributed by atoms with Crippen LogP contribution in [0, 0.1) is 0 Å². The summed E-state index contributed by atoms with van der Waals surface area (Å²) in [5, 5.41) is 82.6. The lowest BCUT2D eigenvalue weighted by Crippen LogP contribution is -2.64. The van der Waals surface area contributed by atoms with Crippen molar-refractivity contribution in [2.24, 2.45) is 0 Å². The zero-order valence-electron chi connectivity index (χ0n) is 23.9. The van der Waals surface area contributed by atoms with E-state index in [1.54, 1.807) is 0 Å². The van der Waals surface area contributed by atoms with Crippen molar-refractivity contribution in [3.63, 3.8) is 0 Å². The van der Waals surface area contributed by atoms with E-state index in [0.717, 1.165) is 0 Å². The third-order valence-electron chi connectivity index (χ3n) is 7.51. The molecule has 17 nitrogen and oxygen atoms in total. The molecule has 1 aromatic rings. The summed E-state index contributed by atoms with van der Waals surface area (Å²) in [6.45, 7) is 0.574. The fourth-order valence-electron chi connectivity index (χ4n) is 4.94. The lowest BCUT2D eigenvalue weighted by Gasteiger charge is -2.45. The van der Waals surface area contributed by atoms with Crippen molar-refractivity contribution >= 4 is 0 Å². The Labute approximate surface area is 246 Å². The number of aliphatic hydroxyl groups excluding tert-OH is 8. The number of aliphatic hydroxyl groups is 8. The molecule has 3 aliphatic heterocycles. The summed E-state index contributed by atoms with van der Waals surface area (Å²) >= 11 is 0. The predicted molar refractivity (Wildman–Crippen MR) is 138 cm³/mol. The molecule has 0 bridgehead atoms. The van der Waals surface area contributed by atoms with Crippen LogP contribution >= 0.6 is 0 Å². The second-order valence-corrected chi connectivity index (χ2v) is 10.4. The van der Waals surface area contributed by atoms with Crippen LogP contribution in [0.5, 0.6) is 23.0 Å². The fourth-order valence-corrected chi connectivity index (χ4v) is 4.94. The van der Waals surface area contributed by atoms with Gasteiger partial charge in [0.05, 0.1) is 40.6 Å². The van der Waals surface area contributed by atoms with Gasteiger partial charge in [-0.1, -0.05) is 0 Å². The first kappa shape index (κ1) is 33.8. The molecule has 17 heteroatoms. The van der Waals surface area contributed by atoms with Crippen LogP contribution in [0.2, 0.25) is 0 Å². The van der Waals surface area contributed by atoms with E-state index in [2.05, 4.69) is 0 Å². The number of hydrogen-bond acceptors (Lipinski definition) is 17. The smallest absolute Gasteiger partial charge is 0.229 e. The van der Waals surface area contributed by atoms with Gasteiger partial charge in [0.2, 0.25) is 12.0 Å². The van der Waals surface area contributed by atoms with Crippen LogP contribution in [0.15, 0.2) is 12.1 Å². The van der Waals surface area contributed by atoms with Crippen LogP contribution in [-0.2, 0) is 23.7 Å². The summed E-state index contributed by atoms with van der Waals surface area (Å²) in [4.78, 5) is 0. The predicted octanol–water partition coefficient (Wildman–Crippen LogP) is -3.79. The van der Waals surface area contributed by atoms with Gasteiger partial charge in [-0.3, -0.25) is 0 Å². The molecule has 0 aliphatic carbocycles. The number of benzene rings is 1. The normalized spacial score (nSPS) is 41.9. The zero-order chi connectivity index (χ0) is 31.6. The van der Waals surface area contributed by atoms with E-state index in [1.807, 2.05) is 0 Å². The fraction of sp³-hybridized carbons (Fsp3) is 0.769. The average molecular weight is 625 g/mol. The molecule has 43 heavy (non-hydrogen) atoms. The minimum Gasteiger partial charge on any atom is -0.493 e. The summed E-state index contributed by atoms with van der Waals surface area (Å²) in [5.74, 6) is 0.767. The van der Waals surface area contributed by atoms with Crippen LogP contribution in [0.4, 0.5) is 0 Å². The van der Waals surface area contributed by atoms with E-state index in [-0.39, 0.29) is 23.0 Å². The van der Waals surface area contributed by atoms with Crippen molar-refractivity contribution in [1.29, 1.82) is 0 Å². The molecule has 0 amide bonds. The molecule has 0 unspecified atom stereocenters. The molecule has 0 radical (unpaired) electrons. The maximum atomic E-state index is 11.1. The van der Waals surface area contributed by atoms with Gasteiger partial charge < -0.3 is 83.5 Å². The van der Waals surface area contributed by atoms with Crippen molar-refractivity contribution < 1.29 is 83.5 Å². The van der Waals surface area contributed by atoms with Crippen LogP contribution in [0.25, 0.3) is 0 Å². The molecule has 246 valence electrons. The number of rotatable bonds is 10. The maximum absolute atomic E-state index is 11.1. The molecule has 14 atom stereocenters. The van der Waals surface area contributed by atoms with Gasteiger partial charge in [-0.15, -0.1) is 0 Å². The summed E-state index contributed by atoms with van der Waals surface area (Å²) < 4.78 is 49.9.